The number of sulfonamides is 1. The third-order valence-electron chi connectivity index (χ3n) is 4.15. The van der Waals surface area contributed by atoms with Gasteiger partial charge in [0.15, 0.2) is 0 Å². The molecule has 8 nitrogen and oxygen atoms in total. The van der Waals surface area contributed by atoms with Crippen LogP contribution in [0.25, 0.3) is 0 Å². The second kappa shape index (κ2) is 7.67. The number of nitrogens with one attached hydrogen (secondary N) is 2. The van der Waals surface area contributed by atoms with Gasteiger partial charge in [-0.05, 0) is 49.1 Å². The van der Waals surface area contributed by atoms with Gasteiger partial charge >= 0.3 is 0 Å². The first-order valence-electron chi connectivity index (χ1n) is 8.18. The number of hydrogen-bond acceptors (Lipinski definition) is 6. The van der Waals surface area contributed by atoms with E-state index >= 15 is 0 Å². The molecule has 0 fully saturated rings. The smallest absolute Gasteiger partial charge is 0.261 e. The number of carbonyl (C=O) groups is 2. The minimum absolute atomic E-state index is 0.151. The van der Waals surface area contributed by atoms with Crippen molar-refractivity contribution in [1.29, 1.82) is 0 Å². The van der Waals surface area contributed by atoms with E-state index in [0.29, 0.717) is 4.88 Å². The number of primary sulfonamides is 1. The zero-order valence-corrected chi connectivity index (χ0v) is 16.2. The van der Waals surface area contributed by atoms with Crippen LogP contribution in [0.15, 0.2) is 29.2 Å². The summed E-state index contributed by atoms with van der Waals surface area (Å²) in [6.45, 7) is -0.260. The topological polar surface area (TPSA) is 128 Å². The molecule has 144 valence electrons. The van der Waals surface area contributed by atoms with Crippen LogP contribution in [0.5, 0.6) is 5.75 Å². The van der Waals surface area contributed by atoms with Crippen LogP contribution in [-0.2, 0) is 27.7 Å². The third kappa shape index (κ3) is 4.46. The lowest BCUT2D eigenvalue weighted by atomic mass is 10.2. The van der Waals surface area contributed by atoms with Crippen LogP contribution in [-0.4, -0.2) is 33.9 Å². The minimum atomic E-state index is -3.92. The van der Waals surface area contributed by atoms with Gasteiger partial charge in [-0.3, -0.25) is 9.59 Å². The number of benzene rings is 1. The fourth-order valence-electron chi connectivity index (χ4n) is 2.84. The highest BCUT2D eigenvalue weighted by atomic mass is 32.2. The number of methoxy groups -OCH3 is 1. The van der Waals surface area contributed by atoms with E-state index in [2.05, 4.69) is 10.6 Å². The summed E-state index contributed by atoms with van der Waals surface area (Å²) in [6, 6.07) is 5.75. The van der Waals surface area contributed by atoms with Crippen molar-refractivity contribution >= 4 is 38.9 Å². The molecule has 1 heterocycles. The van der Waals surface area contributed by atoms with Gasteiger partial charge in [0, 0.05) is 4.88 Å². The number of carbonyl (C=O) groups excluding carboxylic acids is 2. The van der Waals surface area contributed by atoms with Gasteiger partial charge in [0.1, 0.15) is 5.75 Å². The van der Waals surface area contributed by atoms with Crippen LogP contribution in [0.4, 0.5) is 5.69 Å². The molecule has 27 heavy (non-hydrogen) atoms. The lowest BCUT2D eigenvalue weighted by molar-refractivity contribution is -0.115. The summed E-state index contributed by atoms with van der Waals surface area (Å²) < 4.78 is 28.0. The normalized spacial score (nSPS) is 13.1. The van der Waals surface area contributed by atoms with Crippen LogP contribution >= 0.6 is 11.3 Å². The number of hydrogen-bond donors (Lipinski definition) is 3. The maximum absolute atomic E-state index is 12.2. The molecule has 10 heteroatoms. The van der Waals surface area contributed by atoms with E-state index in [1.807, 2.05) is 6.07 Å². The highest BCUT2D eigenvalue weighted by Crippen LogP contribution is 2.30. The minimum Gasteiger partial charge on any atom is -0.495 e. The maximum Gasteiger partial charge on any atom is 0.261 e. The summed E-state index contributed by atoms with van der Waals surface area (Å²) in [5, 5.41) is 10.2. The largest absolute Gasteiger partial charge is 0.495 e. The Hall–Kier alpha value is -2.43. The Bertz CT molecular complexity index is 976. The standard InChI is InChI=1S/C17H19N3O5S2/c1-25-13-6-5-11(27(18,23)24)8-12(13)20-16(21)9-19-17(22)15-7-10-3-2-4-14(10)26-15/h5-8H,2-4,9H2,1H3,(H,19,22)(H,20,21)(H2,18,23,24). The first kappa shape index (κ1) is 19.3. The fourth-order valence-corrected chi connectivity index (χ4v) is 4.55. The lowest BCUT2D eigenvalue weighted by Gasteiger charge is -2.12. The van der Waals surface area contributed by atoms with Gasteiger partial charge in [-0.2, -0.15) is 0 Å². The number of nitrogens with two attached hydrogens (primary N) is 1. The zero-order chi connectivity index (χ0) is 19.6. The molecule has 1 aliphatic carbocycles. The summed E-state index contributed by atoms with van der Waals surface area (Å²) >= 11 is 1.45. The monoisotopic (exact) mass is 409 g/mol. The average Bonchev–Trinajstić information content (AvgIpc) is 3.20. The maximum atomic E-state index is 12.2. The van der Waals surface area contributed by atoms with Gasteiger partial charge in [0.05, 0.1) is 29.1 Å². The Morgan fingerprint density at radius 2 is 2.04 bits per heavy atom. The van der Waals surface area contributed by atoms with Crippen LogP contribution in [0.1, 0.15) is 26.5 Å². The van der Waals surface area contributed by atoms with Crippen molar-refractivity contribution in [2.75, 3.05) is 19.0 Å². The number of thiophene rings is 1. The summed E-state index contributed by atoms with van der Waals surface area (Å²) in [6.07, 6.45) is 3.10. The van der Waals surface area contributed by atoms with Crippen molar-refractivity contribution in [2.24, 2.45) is 5.14 Å². The first-order chi connectivity index (χ1) is 12.8. The molecule has 2 aromatic rings. The summed E-state index contributed by atoms with van der Waals surface area (Å²) in [7, 11) is -2.53. The molecular formula is C17H19N3O5S2. The zero-order valence-electron chi connectivity index (χ0n) is 14.6. The van der Waals surface area contributed by atoms with E-state index in [4.69, 9.17) is 9.88 Å². The predicted molar refractivity (Wildman–Crippen MR) is 102 cm³/mol. The lowest BCUT2D eigenvalue weighted by Crippen LogP contribution is -2.32. The predicted octanol–water partition coefficient (Wildman–Crippen LogP) is 1.26. The van der Waals surface area contributed by atoms with Crippen molar-refractivity contribution in [2.45, 2.75) is 24.2 Å². The molecule has 0 unspecified atom stereocenters. The number of fused-ring (bicyclic) bond motifs is 1. The van der Waals surface area contributed by atoms with Crippen molar-refractivity contribution in [3.8, 4) is 5.75 Å². The molecule has 0 saturated carbocycles. The number of amides is 2. The van der Waals surface area contributed by atoms with Crippen molar-refractivity contribution in [3.63, 3.8) is 0 Å². The fraction of sp³-hybridized carbons (Fsp3) is 0.294. The van der Waals surface area contributed by atoms with Gasteiger partial charge in [-0.25, -0.2) is 13.6 Å². The Balaban J connectivity index is 1.64. The van der Waals surface area contributed by atoms with Gasteiger partial charge < -0.3 is 15.4 Å². The molecule has 0 radical (unpaired) electrons. The molecule has 4 N–H and O–H groups in total. The Labute approximate surface area is 160 Å². The number of anilines is 1. The molecule has 0 saturated heterocycles. The molecular weight excluding hydrogens is 390 g/mol. The first-order valence-corrected chi connectivity index (χ1v) is 10.5. The number of ether oxygens (including phenoxy) is 1. The number of rotatable bonds is 6. The van der Waals surface area contributed by atoms with Crippen LogP contribution in [0.3, 0.4) is 0 Å². The van der Waals surface area contributed by atoms with Crippen molar-refractivity contribution < 1.29 is 22.7 Å². The molecule has 0 atom stereocenters. The Morgan fingerprint density at radius 1 is 1.26 bits per heavy atom. The van der Waals surface area contributed by atoms with Crippen molar-refractivity contribution in [3.05, 3.63) is 39.6 Å². The van der Waals surface area contributed by atoms with Crippen molar-refractivity contribution in [1.82, 2.24) is 5.32 Å². The quantitative estimate of drug-likeness (QED) is 0.662. The SMILES string of the molecule is COc1ccc(S(N)(=O)=O)cc1NC(=O)CNC(=O)c1cc2c(s1)CCC2. The Morgan fingerprint density at radius 3 is 2.70 bits per heavy atom. The van der Waals surface area contributed by atoms with E-state index in [0.717, 1.165) is 19.3 Å². The van der Waals surface area contributed by atoms with E-state index in [-0.39, 0.29) is 28.8 Å². The highest BCUT2D eigenvalue weighted by Gasteiger charge is 2.19. The van der Waals surface area contributed by atoms with Crippen LogP contribution in [0.2, 0.25) is 0 Å². The molecule has 2 amide bonds. The molecule has 1 aliphatic rings. The molecule has 0 aliphatic heterocycles. The second-order valence-electron chi connectivity index (χ2n) is 6.05. The summed E-state index contributed by atoms with van der Waals surface area (Å²) in [4.78, 5) is 26.0. The molecule has 0 spiro atoms. The summed E-state index contributed by atoms with van der Waals surface area (Å²) in [5.74, 6) is -0.552. The van der Waals surface area contributed by atoms with Crippen LogP contribution in [0, 0.1) is 0 Å². The van der Waals surface area contributed by atoms with Gasteiger partial charge in [0.25, 0.3) is 5.91 Å². The highest BCUT2D eigenvalue weighted by molar-refractivity contribution is 7.89. The molecule has 1 aromatic carbocycles. The summed E-state index contributed by atoms with van der Waals surface area (Å²) in [5.41, 5.74) is 1.36. The second-order valence-corrected chi connectivity index (χ2v) is 8.75. The van der Waals surface area contributed by atoms with Gasteiger partial charge in [-0.15, -0.1) is 11.3 Å². The average molecular weight is 409 g/mol. The third-order valence-corrected chi connectivity index (χ3v) is 6.30. The Kier molecular flexibility index (Phi) is 5.49. The van der Waals surface area contributed by atoms with Crippen LogP contribution < -0.4 is 20.5 Å². The van der Waals surface area contributed by atoms with E-state index in [9.17, 15) is 18.0 Å². The molecule has 0 bridgehead atoms. The number of aryl methyl sites for hydroxylation is 2. The molecule has 3 rings (SSSR count). The van der Waals surface area contributed by atoms with E-state index < -0.39 is 15.9 Å². The van der Waals surface area contributed by atoms with E-state index in [1.165, 1.54) is 47.1 Å². The van der Waals surface area contributed by atoms with Gasteiger partial charge in [0.2, 0.25) is 15.9 Å². The molecule has 1 aromatic heterocycles. The van der Waals surface area contributed by atoms with E-state index in [1.54, 1.807) is 0 Å². The van der Waals surface area contributed by atoms with Gasteiger partial charge in [-0.1, -0.05) is 0 Å².